The number of aryl methyl sites for hydroxylation is 3. The predicted molar refractivity (Wildman–Crippen MR) is 92.0 cm³/mol. The fourth-order valence-corrected chi connectivity index (χ4v) is 2.93. The summed E-state index contributed by atoms with van der Waals surface area (Å²) in [6.45, 7) is 12.0. The molecule has 2 aromatic rings. The molecule has 0 aromatic heterocycles. The second-order valence-corrected chi connectivity index (χ2v) is 6.03. The van der Waals surface area contributed by atoms with Gasteiger partial charge in [0.05, 0.1) is 0 Å². The highest BCUT2D eigenvalue weighted by Gasteiger charge is 2.15. The maximum atomic E-state index is 3.66. The number of hydrogen-bond acceptors (Lipinski definition) is 1. The van der Waals surface area contributed by atoms with Crippen molar-refractivity contribution in [3.8, 4) is 0 Å². The lowest BCUT2D eigenvalue weighted by atomic mass is 9.91. The molecule has 1 nitrogen and oxygen atoms in total. The molecule has 1 unspecified atom stereocenters. The van der Waals surface area contributed by atoms with E-state index >= 15 is 0 Å². The van der Waals surface area contributed by atoms with Gasteiger partial charge in [0.25, 0.3) is 0 Å². The number of likely N-dealkylation sites (N-methyl/N-ethyl adjacent to an activating group) is 1. The molecule has 1 N–H and O–H groups in total. The molecule has 0 spiro atoms. The molecular formula is C20H27N. The zero-order valence-electron chi connectivity index (χ0n) is 14.0. The van der Waals surface area contributed by atoms with Crippen molar-refractivity contribution in [3.05, 3.63) is 69.8 Å². The Labute approximate surface area is 129 Å². The van der Waals surface area contributed by atoms with Gasteiger partial charge >= 0.3 is 0 Å². The van der Waals surface area contributed by atoms with Crippen LogP contribution in [0.4, 0.5) is 0 Å². The second-order valence-electron chi connectivity index (χ2n) is 6.03. The predicted octanol–water partition coefficient (Wildman–Crippen LogP) is 4.81. The van der Waals surface area contributed by atoms with Crippen LogP contribution in [-0.4, -0.2) is 6.54 Å². The van der Waals surface area contributed by atoms with Gasteiger partial charge in [0, 0.05) is 6.04 Å². The Morgan fingerprint density at radius 3 is 2.43 bits per heavy atom. The summed E-state index contributed by atoms with van der Waals surface area (Å²) in [5.74, 6) is 0. The third-order valence-electron chi connectivity index (χ3n) is 4.40. The van der Waals surface area contributed by atoms with Crippen LogP contribution in [0, 0.1) is 27.7 Å². The first-order valence-corrected chi connectivity index (χ1v) is 7.88. The zero-order chi connectivity index (χ0) is 15.4. The van der Waals surface area contributed by atoms with Crippen molar-refractivity contribution < 1.29 is 0 Å². The molecule has 0 aliphatic heterocycles. The fourth-order valence-electron chi connectivity index (χ4n) is 2.93. The summed E-state index contributed by atoms with van der Waals surface area (Å²) in [5, 5.41) is 3.66. The summed E-state index contributed by atoms with van der Waals surface area (Å²) in [4.78, 5) is 0. The summed E-state index contributed by atoms with van der Waals surface area (Å²) in [7, 11) is 0. The molecule has 0 saturated heterocycles. The van der Waals surface area contributed by atoms with Crippen molar-refractivity contribution >= 4 is 0 Å². The van der Waals surface area contributed by atoms with Crippen molar-refractivity contribution in [2.45, 2.75) is 47.1 Å². The molecule has 0 aliphatic carbocycles. The Bertz CT molecular complexity index is 613. The standard InChI is InChI=1S/C20H27N/c1-6-21-20(19-9-7-8-15(3)17(19)5)13-18-12-14(2)10-11-16(18)4/h7-12,20-21H,6,13H2,1-5H3. The van der Waals surface area contributed by atoms with E-state index in [-0.39, 0.29) is 0 Å². The first-order valence-electron chi connectivity index (χ1n) is 7.88. The SMILES string of the molecule is CCNC(Cc1cc(C)ccc1C)c1cccc(C)c1C. The van der Waals surface area contributed by atoms with Gasteiger partial charge in [0.15, 0.2) is 0 Å². The highest BCUT2D eigenvalue weighted by atomic mass is 14.9. The lowest BCUT2D eigenvalue weighted by Crippen LogP contribution is -2.24. The van der Waals surface area contributed by atoms with Crippen LogP contribution in [0.5, 0.6) is 0 Å². The molecule has 0 saturated carbocycles. The van der Waals surface area contributed by atoms with Gasteiger partial charge in [0.1, 0.15) is 0 Å². The fraction of sp³-hybridized carbons (Fsp3) is 0.400. The van der Waals surface area contributed by atoms with Gasteiger partial charge in [-0.1, -0.05) is 48.9 Å². The van der Waals surface area contributed by atoms with E-state index in [1.54, 1.807) is 0 Å². The average molecular weight is 281 g/mol. The first-order chi connectivity index (χ1) is 10.0. The molecule has 0 bridgehead atoms. The van der Waals surface area contributed by atoms with Crippen LogP contribution in [0.2, 0.25) is 0 Å². The van der Waals surface area contributed by atoms with Gasteiger partial charge in [0.2, 0.25) is 0 Å². The van der Waals surface area contributed by atoms with Crippen molar-refractivity contribution in [1.29, 1.82) is 0 Å². The Balaban J connectivity index is 2.35. The quantitative estimate of drug-likeness (QED) is 0.829. The van der Waals surface area contributed by atoms with Crippen LogP contribution in [0.3, 0.4) is 0 Å². The average Bonchev–Trinajstić information content (AvgIpc) is 2.45. The minimum atomic E-state index is 0.385. The molecular weight excluding hydrogens is 254 g/mol. The summed E-state index contributed by atoms with van der Waals surface area (Å²) in [6, 6.07) is 13.8. The minimum absolute atomic E-state index is 0.385. The maximum Gasteiger partial charge on any atom is 0.0363 e. The van der Waals surface area contributed by atoms with Crippen molar-refractivity contribution in [2.75, 3.05) is 6.54 Å². The third kappa shape index (κ3) is 3.74. The Hall–Kier alpha value is -1.60. The van der Waals surface area contributed by atoms with E-state index in [2.05, 4.69) is 76.3 Å². The molecule has 21 heavy (non-hydrogen) atoms. The van der Waals surface area contributed by atoms with E-state index in [4.69, 9.17) is 0 Å². The summed E-state index contributed by atoms with van der Waals surface area (Å²) in [6.07, 6.45) is 1.05. The number of rotatable bonds is 5. The second kappa shape index (κ2) is 6.91. The largest absolute Gasteiger partial charge is 0.310 e. The van der Waals surface area contributed by atoms with Crippen LogP contribution >= 0.6 is 0 Å². The summed E-state index contributed by atoms with van der Waals surface area (Å²) >= 11 is 0. The van der Waals surface area contributed by atoms with E-state index in [0.717, 1.165) is 13.0 Å². The first kappa shape index (κ1) is 15.8. The topological polar surface area (TPSA) is 12.0 Å². The highest BCUT2D eigenvalue weighted by molar-refractivity contribution is 5.38. The minimum Gasteiger partial charge on any atom is -0.310 e. The molecule has 2 aromatic carbocycles. The van der Waals surface area contributed by atoms with Crippen LogP contribution in [0.15, 0.2) is 36.4 Å². The molecule has 0 amide bonds. The van der Waals surface area contributed by atoms with Gasteiger partial charge in [-0.05, 0) is 68.5 Å². The number of benzene rings is 2. The Morgan fingerprint density at radius 1 is 0.952 bits per heavy atom. The van der Waals surface area contributed by atoms with E-state index in [1.807, 2.05) is 0 Å². The van der Waals surface area contributed by atoms with Gasteiger partial charge in [-0.25, -0.2) is 0 Å². The number of nitrogens with one attached hydrogen (secondary N) is 1. The molecule has 0 radical (unpaired) electrons. The monoisotopic (exact) mass is 281 g/mol. The summed E-state index contributed by atoms with van der Waals surface area (Å²) in [5.41, 5.74) is 8.38. The van der Waals surface area contributed by atoms with Gasteiger partial charge < -0.3 is 5.32 Å². The normalized spacial score (nSPS) is 12.4. The van der Waals surface area contributed by atoms with Crippen molar-refractivity contribution in [3.63, 3.8) is 0 Å². The van der Waals surface area contributed by atoms with E-state index < -0.39 is 0 Å². The highest BCUT2D eigenvalue weighted by Crippen LogP contribution is 2.25. The molecule has 0 aliphatic rings. The maximum absolute atomic E-state index is 3.66. The molecule has 2 rings (SSSR count). The van der Waals surface area contributed by atoms with E-state index in [1.165, 1.54) is 33.4 Å². The van der Waals surface area contributed by atoms with Crippen LogP contribution in [-0.2, 0) is 6.42 Å². The van der Waals surface area contributed by atoms with E-state index in [9.17, 15) is 0 Å². The summed E-state index contributed by atoms with van der Waals surface area (Å²) < 4.78 is 0. The number of hydrogen-bond donors (Lipinski definition) is 1. The smallest absolute Gasteiger partial charge is 0.0363 e. The lowest BCUT2D eigenvalue weighted by Gasteiger charge is -2.22. The molecule has 1 atom stereocenters. The van der Waals surface area contributed by atoms with Crippen LogP contribution in [0.25, 0.3) is 0 Å². The third-order valence-corrected chi connectivity index (χ3v) is 4.40. The van der Waals surface area contributed by atoms with E-state index in [0.29, 0.717) is 6.04 Å². The van der Waals surface area contributed by atoms with Gasteiger partial charge in [-0.15, -0.1) is 0 Å². The van der Waals surface area contributed by atoms with Crippen molar-refractivity contribution in [1.82, 2.24) is 5.32 Å². The Kier molecular flexibility index (Phi) is 5.19. The Morgan fingerprint density at radius 2 is 1.71 bits per heavy atom. The van der Waals surface area contributed by atoms with Crippen LogP contribution in [0.1, 0.15) is 46.3 Å². The lowest BCUT2D eigenvalue weighted by molar-refractivity contribution is 0.546. The van der Waals surface area contributed by atoms with Crippen molar-refractivity contribution in [2.24, 2.45) is 0 Å². The molecule has 1 heteroatoms. The molecule has 0 fully saturated rings. The van der Waals surface area contributed by atoms with Crippen LogP contribution < -0.4 is 5.32 Å². The molecule has 112 valence electrons. The van der Waals surface area contributed by atoms with Gasteiger partial charge in [-0.3, -0.25) is 0 Å². The molecule has 0 heterocycles. The zero-order valence-corrected chi connectivity index (χ0v) is 14.0. The van der Waals surface area contributed by atoms with Gasteiger partial charge in [-0.2, -0.15) is 0 Å².